The zero-order valence-electron chi connectivity index (χ0n) is 13.9. The molecule has 1 aliphatic heterocycles. The average molecular weight is 329 g/mol. The van der Waals surface area contributed by atoms with Crippen LogP contribution in [-0.4, -0.2) is 11.1 Å². The summed E-state index contributed by atoms with van der Waals surface area (Å²) in [6, 6.07) is 24.2. The first-order valence-electron chi connectivity index (χ1n) is 8.48. The fourth-order valence-electron chi connectivity index (χ4n) is 3.53. The predicted molar refractivity (Wildman–Crippen MR) is 99.5 cm³/mol. The number of aryl methyl sites for hydroxylation is 2. The number of carbonyl (C=O) groups is 1. The molecule has 0 saturated carbocycles. The lowest BCUT2D eigenvalue weighted by atomic mass is 10.0. The van der Waals surface area contributed by atoms with E-state index in [1.54, 1.807) is 12.1 Å². The van der Waals surface area contributed by atoms with Crippen LogP contribution in [0.25, 0.3) is 0 Å². The molecule has 1 N–H and O–H groups in total. The third-order valence-electron chi connectivity index (χ3n) is 4.74. The maximum absolute atomic E-state index is 11.3. The lowest BCUT2D eigenvalue weighted by molar-refractivity contribution is 0.0696. The van der Waals surface area contributed by atoms with Crippen molar-refractivity contribution >= 4 is 17.3 Å². The predicted octanol–water partition coefficient (Wildman–Crippen LogP) is 4.82. The van der Waals surface area contributed by atoms with Gasteiger partial charge in [-0.05, 0) is 53.8 Å². The van der Waals surface area contributed by atoms with Gasteiger partial charge in [-0.15, -0.1) is 0 Å². The minimum absolute atomic E-state index is 0.328. The van der Waals surface area contributed by atoms with Crippen molar-refractivity contribution in [3.05, 3.63) is 95.1 Å². The standard InChI is InChI=1S/C22H19NO2/c24-22(25)19-9-5-6-16(14-19)15-23-20-10-3-1-7-17(20)12-13-18-8-2-4-11-21(18)23/h1-11,14H,12-13,15H2,(H,24,25). The Balaban J connectivity index is 1.80. The maximum Gasteiger partial charge on any atom is 0.335 e. The molecule has 0 radical (unpaired) electrons. The van der Waals surface area contributed by atoms with E-state index in [2.05, 4.69) is 53.4 Å². The van der Waals surface area contributed by atoms with E-state index < -0.39 is 5.97 Å². The molecule has 0 amide bonds. The lowest BCUT2D eigenvalue weighted by Gasteiger charge is -2.27. The number of rotatable bonds is 3. The van der Waals surface area contributed by atoms with E-state index in [1.807, 2.05) is 12.1 Å². The van der Waals surface area contributed by atoms with Gasteiger partial charge in [-0.2, -0.15) is 0 Å². The first-order valence-corrected chi connectivity index (χ1v) is 8.48. The lowest BCUT2D eigenvalue weighted by Crippen LogP contribution is -2.18. The Hall–Kier alpha value is -3.07. The maximum atomic E-state index is 11.3. The number of para-hydroxylation sites is 2. The Labute approximate surface area is 147 Å². The number of benzene rings is 3. The Kier molecular flexibility index (Phi) is 3.98. The Bertz CT molecular complexity index is 885. The van der Waals surface area contributed by atoms with Gasteiger partial charge in [0.15, 0.2) is 0 Å². The molecule has 0 bridgehead atoms. The molecule has 3 nitrogen and oxygen atoms in total. The number of nitrogens with zero attached hydrogens (tertiary/aromatic N) is 1. The third kappa shape index (κ3) is 3.01. The fourth-order valence-corrected chi connectivity index (χ4v) is 3.53. The monoisotopic (exact) mass is 329 g/mol. The van der Waals surface area contributed by atoms with Gasteiger partial charge in [0.25, 0.3) is 0 Å². The number of hydrogen-bond donors (Lipinski definition) is 1. The fraction of sp³-hybridized carbons (Fsp3) is 0.136. The van der Waals surface area contributed by atoms with Crippen molar-refractivity contribution < 1.29 is 9.90 Å². The Morgan fingerprint density at radius 2 is 1.44 bits per heavy atom. The number of carboxylic acids is 1. The summed E-state index contributed by atoms with van der Waals surface area (Å²) in [7, 11) is 0. The van der Waals surface area contributed by atoms with Crippen molar-refractivity contribution in [1.82, 2.24) is 0 Å². The topological polar surface area (TPSA) is 40.5 Å². The van der Waals surface area contributed by atoms with Crippen LogP contribution in [0, 0.1) is 0 Å². The second-order valence-corrected chi connectivity index (χ2v) is 6.35. The molecule has 124 valence electrons. The van der Waals surface area contributed by atoms with E-state index in [9.17, 15) is 9.90 Å². The molecular formula is C22H19NO2. The summed E-state index contributed by atoms with van der Waals surface area (Å²) in [5.41, 5.74) is 6.38. The smallest absolute Gasteiger partial charge is 0.335 e. The zero-order chi connectivity index (χ0) is 17.2. The van der Waals surface area contributed by atoms with E-state index in [-0.39, 0.29) is 0 Å². The number of hydrogen-bond acceptors (Lipinski definition) is 2. The highest BCUT2D eigenvalue weighted by Crippen LogP contribution is 2.37. The summed E-state index contributed by atoms with van der Waals surface area (Å²) in [5, 5.41) is 9.26. The summed E-state index contributed by atoms with van der Waals surface area (Å²) >= 11 is 0. The SMILES string of the molecule is O=C(O)c1cccc(CN2c3ccccc3CCc3ccccc32)c1. The van der Waals surface area contributed by atoms with E-state index in [4.69, 9.17) is 0 Å². The van der Waals surface area contributed by atoms with Crippen molar-refractivity contribution in [1.29, 1.82) is 0 Å². The van der Waals surface area contributed by atoms with Gasteiger partial charge in [0, 0.05) is 17.9 Å². The van der Waals surface area contributed by atoms with Gasteiger partial charge in [-0.1, -0.05) is 48.5 Å². The summed E-state index contributed by atoms with van der Waals surface area (Å²) in [5.74, 6) is -0.890. The number of fused-ring (bicyclic) bond motifs is 2. The van der Waals surface area contributed by atoms with Gasteiger partial charge in [0.2, 0.25) is 0 Å². The molecule has 1 heterocycles. The molecule has 25 heavy (non-hydrogen) atoms. The Morgan fingerprint density at radius 1 is 0.840 bits per heavy atom. The molecule has 0 unspecified atom stereocenters. The van der Waals surface area contributed by atoms with Crippen molar-refractivity contribution in [2.75, 3.05) is 4.90 Å². The normalized spacial score (nSPS) is 12.9. The first-order chi connectivity index (χ1) is 12.2. The second-order valence-electron chi connectivity index (χ2n) is 6.35. The number of carboxylic acid groups (broad SMARTS) is 1. The minimum Gasteiger partial charge on any atom is -0.478 e. The molecule has 3 aromatic carbocycles. The molecule has 3 heteroatoms. The van der Waals surface area contributed by atoms with Crippen molar-refractivity contribution in [2.24, 2.45) is 0 Å². The molecule has 0 fully saturated rings. The first kappa shape index (κ1) is 15.5. The van der Waals surface area contributed by atoms with Crippen LogP contribution in [0.4, 0.5) is 11.4 Å². The van der Waals surface area contributed by atoms with Gasteiger partial charge in [0.05, 0.1) is 5.56 Å². The van der Waals surface area contributed by atoms with Crippen LogP contribution in [0.1, 0.15) is 27.0 Å². The second kappa shape index (κ2) is 6.44. The average Bonchev–Trinajstić information content (AvgIpc) is 2.80. The van der Waals surface area contributed by atoms with Gasteiger partial charge in [0.1, 0.15) is 0 Å². The van der Waals surface area contributed by atoms with E-state index in [1.165, 1.54) is 22.5 Å². The van der Waals surface area contributed by atoms with E-state index in [0.29, 0.717) is 12.1 Å². The van der Waals surface area contributed by atoms with Crippen molar-refractivity contribution in [3.8, 4) is 0 Å². The number of anilines is 2. The van der Waals surface area contributed by atoms with Crippen LogP contribution in [0.3, 0.4) is 0 Å². The largest absolute Gasteiger partial charge is 0.478 e. The quantitative estimate of drug-likeness (QED) is 0.749. The molecule has 0 saturated heterocycles. The molecule has 1 aliphatic rings. The van der Waals surface area contributed by atoms with Crippen LogP contribution >= 0.6 is 0 Å². The molecule has 3 aromatic rings. The summed E-state index contributed by atoms with van der Waals surface area (Å²) < 4.78 is 0. The molecule has 0 aromatic heterocycles. The van der Waals surface area contributed by atoms with Gasteiger partial charge >= 0.3 is 5.97 Å². The van der Waals surface area contributed by atoms with Crippen molar-refractivity contribution in [2.45, 2.75) is 19.4 Å². The van der Waals surface area contributed by atoms with Crippen LogP contribution in [0.15, 0.2) is 72.8 Å². The summed E-state index contributed by atoms with van der Waals surface area (Å²) in [4.78, 5) is 13.6. The van der Waals surface area contributed by atoms with Crippen LogP contribution in [0.5, 0.6) is 0 Å². The minimum atomic E-state index is -0.890. The van der Waals surface area contributed by atoms with Gasteiger partial charge in [-0.25, -0.2) is 4.79 Å². The Morgan fingerprint density at radius 3 is 2.04 bits per heavy atom. The van der Waals surface area contributed by atoms with Crippen LogP contribution in [0.2, 0.25) is 0 Å². The molecule has 0 aliphatic carbocycles. The highest BCUT2D eigenvalue weighted by molar-refractivity contribution is 5.87. The highest BCUT2D eigenvalue weighted by Gasteiger charge is 2.20. The molecule has 4 rings (SSSR count). The summed E-state index contributed by atoms with van der Waals surface area (Å²) in [6.07, 6.45) is 2.03. The molecular weight excluding hydrogens is 310 g/mol. The van der Waals surface area contributed by atoms with Crippen LogP contribution in [-0.2, 0) is 19.4 Å². The van der Waals surface area contributed by atoms with Gasteiger partial charge < -0.3 is 10.0 Å². The summed E-state index contributed by atoms with van der Waals surface area (Å²) in [6.45, 7) is 0.648. The molecule has 0 atom stereocenters. The highest BCUT2D eigenvalue weighted by atomic mass is 16.4. The van der Waals surface area contributed by atoms with E-state index in [0.717, 1.165) is 18.4 Å². The van der Waals surface area contributed by atoms with Gasteiger partial charge in [-0.3, -0.25) is 0 Å². The van der Waals surface area contributed by atoms with E-state index >= 15 is 0 Å². The molecule has 0 spiro atoms. The third-order valence-corrected chi connectivity index (χ3v) is 4.74. The van der Waals surface area contributed by atoms with Crippen molar-refractivity contribution in [3.63, 3.8) is 0 Å². The zero-order valence-corrected chi connectivity index (χ0v) is 13.9. The van der Waals surface area contributed by atoms with Crippen LogP contribution < -0.4 is 4.90 Å². The number of aromatic carboxylic acids is 1.